The molecule has 84 valence electrons. The first-order valence-electron chi connectivity index (χ1n) is 4.33. The van der Waals surface area contributed by atoms with E-state index in [9.17, 15) is 13.2 Å². The Bertz CT molecular complexity index is 440. The van der Waals surface area contributed by atoms with E-state index in [2.05, 4.69) is 0 Å². The monoisotopic (exact) mass is 247 g/mol. The van der Waals surface area contributed by atoms with Crippen LogP contribution in [0.4, 0.5) is 0 Å². The number of carbonyl (C=O) groups is 1. The molecule has 0 saturated carbocycles. The van der Waals surface area contributed by atoms with Gasteiger partial charge in [-0.05, 0) is 11.4 Å². The SMILES string of the molecule is CC(C)(C)C(=O)NS(=O)(=O)c1ccsc1. The van der Waals surface area contributed by atoms with Gasteiger partial charge in [0, 0.05) is 10.8 Å². The van der Waals surface area contributed by atoms with E-state index < -0.39 is 21.3 Å². The van der Waals surface area contributed by atoms with Gasteiger partial charge in [0.1, 0.15) is 0 Å². The van der Waals surface area contributed by atoms with E-state index in [0.29, 0.717) is 0 Å². The Kier molecular flexibility index (Phi) is 3.20. The van der Waals surface area contributed by atoms with Crippen LogP contribution in [-0.2, 0) is 14.8 Å². The van der Waals surface area contributed by atoms with Crippen molar-refractivity contribution in [3.8, 4) is 0 Å². The molecule has 0 saturated heterocycles. The number of thiophene rings is 1. The zero-order valence-corrected chi connectivity index (χ0v) is 10.4. The summed E-state index contributed by atoms with van der Waals surface area (Å²) in [6.45, 7) is 4.97. The van der Waals surface area contributed by atoms with Crippen molar-refractivity contribution in [2.75, 3.05) is 0 Å². The van der Waals surface area contributed by atoms with Crippen LogP contribution in [0.2, 0.25) is 0 Å². The average Bonchev–Trinajstić information content (AvgIpc) is 2.52. The lowest BCUT2D eigenvalue weighted by Crippen LogP contribution is -2.38. The quantitative estimate of drug-likeness (QED) is 0.863. The predicted molar refractivity (Wildman–Crippen MR) is 59.1 cm³/mol. The molecule has 1 amide bonds. The first kappa shape index (κ1) is 12.2. The molecule has 0 fully saturated rings. The Morgan fingerprint density at radius 2 is 2.00 bits per heavy atom. The Morgan fingerprint density at radius 3 is 2.40 bits per heavy atom. The minimum absolute atomic E-state index is 0.130. The molecule has 4 nitrogen and oxygen atoms in total. The third-order valence-corrected chi connectivity index (χ3v) is 3.87. The number of rotatable bonds is 2. The number of sulfonamides is 1. The third kappa shape index (κ3) is 3.04. The molecule has 1 aromatic heterocycles. The minimum atomic E-state index is -3.69. The van der Waals surface area contributed by atoms with Crippen molar-refractivity contribution >= 4 is 27.3 Å². The summed E-state index contributed by atoms with van der Waals surface area (Å²) in [5.74, 6) is -0.506. The van der Waals surface area contributed by atoms with Crippen molar-refractivity contribution < 1.29 is 13.2 Å². The Labute approximate surface area is 93.4 Å². The van der Waals surface area contributed by atoms with Crippen LogP contribution < -0.4 is 4.72 Å². The van der Waals surface area contributed by atoms with Gasteiger partial charge in [-0.25, -0.2) is 13.1 Å². The van der Waals surface area contributed by atoms with E-state index in [1.807, 2.05) is 4.72 Å². The maximum atomic E-state index is 11.6. The second-order valence-electron chi connectivity index (χ2n) is 4.14. The van der Waals surface area contributed by atoms with E-state index in [0.717, 1.165) is 0 Å². The van der Waals surface area contributed by atoms with Crippen LogP contribution in [0, 0.1) is 5.41 Å². The van der Waals surface area contributed by atoms with Gasteiger partial charge in [0.05, 0.1) is 4.90 Å². The number of amides is 1. The highest BCUT2D eigenvalue weighted by molar-refractivity contribution is 7.90. The predicted octanol–water partition coefficient (Wildman–Crippen LogP) is 1.60. The molecule has 1 heterocycles. The molecule has 0 spiro atoms. The molecule has 0 radical (unpaired) electrons. The van der Waals surface area contributed by atoms with Crippen molar-refractivity contribution in [3.05, 3.63) is 16.8 Å². The van der Waals surface area contributed by atoms with E-state index in [-0.39, 0.29) is 4.90 Å². The highest BCUT2D eigenvalue weighted by Gasteiger charge is 2.26. The largest absolute Gasteiger partial charge is 0.273 e. The van der Waals surface area contributed by atoms with Gasteiger partial charge in [0.15, 0.2) is 0 Å². The summed E-state index contributed by atoms with van der Waals surface area (Å²) in [5.41, 5.74) is -0.719. The summed E-state index contributed by atoms with van der Waals surface area (Å²) in [4.78, 5) is 11.6. The lowest BCUT2D eigenvalue weighted by Gasteiger charge is -2.17. The Morgan fingerprint density at radius 1 is 1.40 bits per heavy atom. The van der Waals surface area contributed by atoms with Crippen molar-refractivity contribution in [1.82, 2.24) is 4.72 Å². The fourth-order valence-corrected chi connectivity index (χ4v) is 2.93. The summed E-state index contributed by atoms with van der Waals surface area (Å²) in [6.07, 6.45) is 0. The van der Waals surface area contributed by atoms with Gasteiger partial charge in [-0.1, -0.05) is 20.8 Å². The normalized spacial score (nSPS) is 12.5. The van der Waals surface area contributed by atoms with E-state index in [4.69, 9.17) is 0 Å². The molecular formula is C9H13NO3S2. The maximum absolute atomic E-state index is 11.6. The Hall–Kier alpha value is -0.880. The van der Waals surface area contributed by atoms with Crippen molar-refractivity contribution in [2.45, 2.75) is 25.7 Å². The van der Waals surface area contributed by atoms with Crippen LogP contribution in [0.3, 0.4) is 0 Å². The third-order valence-electron chi connectivity index (χ3n) is 1.71. The molecule has 0 atom stereocenters. The fraction of sp³-hybridized carbons (Fsp3) is 0.444. The maximum Gasteiger partial charge on any atom is 0.264 e. The van der Waals surface area contributed by atoms with Crippen LogP contribution >= 0.6 is 11.3 Å². The molecule has 6 heteroatoms. The highest BCUT2D eigenvalue weighted by Crippen LogP contribution is 2.17. The van der Waals surface area contributed by atoms with Crippen LogP contribution in [0.15, 0.2) is 21.7 Å². The number of hydrogen-bond acceptors (Lipinski definition) is 4. The van der Waals surface area contributed by atoms with Gasteiger partial charge in [-0.15, -0.1) is 0 Å². The van der Waals surface area contributed by atoms with E-state index >= 15 is 0 Å². The molecule has 0 aromatic carbocycles. The standard InChI is InChI=1S/C9H13NO3S2/c1-9(2,3)8(11)10-15(12,13)7-4-5-14-6-7/h4-6H,1-3H3,(H,10,11). The highest BCUT2D eigenvalue weighted by atomic mass is 32.2. The molecular weight excluding hydrogens is 234 g/mol. The van der Waals surface area contributed by atoms with Gasteiger partial charge >= 0.3 is 0 Å². The zero-order valence-electron chi connectivity index (χ0n) is 8.77. The van der Waals surface area contributed by atoms with E-state index in [1.165, 1.54) is 22.8 Å². The van der Waals surface area contributed by atoms with Gasteiger partial charge in [0.2, 0.25) is 5.91 Å². The van der Waals surface area contributed by atoms with Gasteiger partial charge < -0.3 is 0 Å². The van der Waals surface area contributed by atoms with Crippen molar-refractivity contribution in [2.24, 2.45) is 5.41 Å². The minimum Gasteiger partial charge on any atom is -0.273 e. The smallest absolute Gasteiger partial charge is 0.264 e. The Balaban J connectivity index is 2.89. The number of hydrogen-bond donors (Lipinski definition) is 1. The number of nitrogens with one attached hydrogen (secondary N) is 1. The molecule has 0 aliphatic rings. The lowest BCUT2D eigenvalue weighted by atomic mass is 9.96. The second-order valence-corrected chi connectivity index (χ2v) is 6.61. The van der Waals surface area contributed by atoms with E-state index in [1.54, 1.807) is 26.2 Å². The van der Waals surface area contributed by atoms with Gasteiger partial charge in [-0.2, -0.15) is 11.3 Å². The average molecular weight is 247 g/mol. The summed E-state index contributed by atoms with van der Waals surface area (Å²) in [5, 5.41) is 3.13. The summed E-state index contributed by atoms with van der Waals surface area (Å²) >= 11 is 1.27. The lowest BCUT2D eigenvalue weighted by molar-refractivity contribution is -0.126. The first-order chi connectivity index (χ1) is 6.73. The van der Waals surface area contributed by atoms with Crippen LogP contribution in [0.5, 0.6) is 0 Å². The van der Waals surface area contributed by atoms with Crippen molar-refractivity contribution in [1.29, 1.82) is 0 Å². The van der Waals surface area contributed by atoms with Crippen molar-refractivity contribution in [3.63, 3.8) is 0 Å². The van der Waals surface area contributed by atoms with Crippen LogP contribution in [0.1, 0.15) is 20.8 Å². The summed E-state index contributed by atoms with van der Waals surface area (Å²) in [6, 6.07) is 1.46. The number of carbonyl (C=O) groups excluding carboxylic acids is 1. The molecule has 1 rings (SSSR count). The molecule has 0 unspecified atom stereocenters. The molecule has 0 aliphatic carbocycles. The second kappa shape index (κ2) is 3.94. The van der Waals surface area contributed by atoms with Gasteiger partial charge in [-0.3, -0.25) is 4.79 Å². The summed E-state index contributed by atoms with van der Waals surface area (Å²) in [7, 11) is -3.69. The van der Waals surface area contributed by atoms with Crippen LogP contribution in [0.25, 0.3) is 0 Å². The first-order valence-corrected chi connectivity index (χ1v) is 6.75. The van der Waals surface area contributed by atoms with Crippen LogP contribution in [-0.4, -0.2) is 14.3 Å². The molecule has 1 aromatic rings. The zero-order chi connectivity index (χ0) is 11.7. The van der Waals surface area contributed by atoms with Gasteiger partial charge in [0.25, 0.3) is 10.0 Å². The topological polar surface area (TPSA) is 63.2 Å². The molecule has 0 aliphatic heterocycles. The fourth-order valence-electron chi connectivity index (χ4n) is 0.739. The molecule has 1 N–H and O–H groups in total. The molecule has 0 bridgehead atoms. The molecule has 15 heavy (non-hydrogen) atoms. The summed E-state index contributed by atoms with van der Waals surface area (Å²) < 4.78 is 25.3.